The van der Waals surface area contributed by atoms with Crippen molar-refractivity contribution in [1.29, 1.82) is 5.26 Å². The number of Topliss-reactive ketones (excluding diaryl/α,β-unsaturated/α-hetero) is 1. The summed E-state index contributed by atoms with van der Waals surface area (Å²) < 4.78 is 0. The molecule has 0 amide bonds. The smallest absolute Gasteiger partial charge is 0.264 e. The quantitative estimate of drug-likeness (QED) is 0.727. The molecule has 0 radical (unpaired) electrons. The second-order valence-electron chi connectivity index (χ2n) is 2.40. The fourth-order valence-electron chi connectivity index (χ4n) is 0.899. The van der Waals surface area contributed by atoms with Gasteiger partial charge in [-0.3, -0.25) is 4.79 Å². The Kier molecular flexibility index (Phi) is 3.02. The Bertz CT molecular complexity index is 370. The third kappa shape index (κ3) is 2.05. The summed E-state index contributed by atoms with van der Waals surface area (Å²) in [5.74, 6) is -0.909. The molecule has 3 nitrogen and oxygen atoms in total. The van der Waals surface area contributed by atoms with Crippen LogP contribution in [0, 0.1) is 11.3 Å². The van der Waals surface area contributed by atoms with Crippen molar-refractivity contribution in [1.82, 2.24) is 0 Å². The Morgan fingerprint density at radius 1 is 1.54 bits per heavy atom. The third-order valence-corrected chi connectivity index (χ3v) is 1.90. The highest BCUT2D eigenvalue weighted by molar-refractivity contribution is 6.31. The lowest BCUT2D eigenvalue weighted by atomic mass is 10.1. The average Bonchev–Trinajstić information content (AvgIpc) is 2.16. The SMILES string of the molecule is N#CC(=O)C(O)c1ccccc1Cl. The van der Waals surface area contributed by atoms with Crippen LogP contribution in [0.15, 0.2) is 24.3 Å². The van der Waals surface area contributed by atoms with Crippen LogP contribution in [-0.4, -0.2) is 10.9 Å². The molecule has 1 atom stereocenters. The number of halogens is 1. The Morgan fingerprint density at radius 2 is 2.15 bits per heavy atom. The van der Waals surface area contributed by atoms with Crippen LogP contribution in [-0.2, 0) is 4.79 Å². The fraction of sp³-hybridized carbons (Fsp3) is 0.111. The van der Waals surface area contributed by atoms with Gasteiger partial charge in [0.15, 0.2) is 6.10 Å². The van der Waals surface area contributed by atoms with E-state index < -0.39 is 11.9 Å². The van der Waals surface area contributed by atoms with Crippen molar-refractivity contribution >= 4 is 17.4 Å². The van der Waals surface area contributed by atoms with Gasteiger partial charge >= 0.3 is 0 Å². The van der Waals surface area contributed by atoms with Crippen molar-refractivity contribution in [2.45, 2.75) is 6.10 Å². The second kappa shape index (κ2) is 4.04. The number of benzene rings is 1. The molecule has 0 saturated heterocycles. The Hall–Kier alpha value is -1.37. The summed E-state index contributed by atoms with van der Waals surface area (Å²) in [5.41, 5.74) is 0.260. The normalized spacial score (nSPS) is 11.8. The zero-order valence-electron chi connectivity index (χ0n) is 6.57. The van der Waals surface area contributed by atoms with Crippen LogP contribution in [0.25, 0.3) is 0 Å². The van der Waals surface area contributed by atoms with Crippen molar-refractivity contribution < 1.29 is 9.90 Å². The number of aliphatic hydroxyl groups is 1. The Labute approximate surface area is 80.2 Å². The van der Waals surface area contributed by atoms with Crippen LogP contribution in [0.3, 0.4) is 0 Å². The molecular formula is C9H6ClNO2. The van der Waals surface area contributed by atoms with E-state index in [2.05, 4.69) is 0 Å². The van der Waals surface area contributed by atoms with Crippen LogP contribution in [0.4, 0.5) is 0 Å². The van der Waals surface area contributed by atoms with Gasteiger partial charge < -0.3 is 5.11 Å². The molecule has 0 aliphatic heterocycles. The first kappa shape index (κ1) is 9.72. The Morgan fingerprint density at radius 3 is 2.69 bits per heavy atom. The number of carbonyl (C=O) groups excluding carboxylic acids is 1. The van der Waals surface area contributed by atoms with Crippen molar-refractivity contribution in [3.63, 3.8) is 0 Å². The molecule has 0 bridgehead atoms. The average molecular weight is 196 g/mol. The molecule has 0 aromatic heterocycles. The zero-order chi connectivity index (χ0) is 9.84. The van der Waals surface area contributed by atoms with E-state index in [1.807, 2.05) is 0 Å². The van der Waals surface area contributed by atoms with E-state index >= 15 is 0 Å². The third-order valence-electron chi connectivity index (χ3n) is 1.56. The minimum Gasteiger partial charge on any atom is -0.379 e. The number of ketones is 1. The molecular weight excluding hydrogens is 190 g/mol. The number of aliphatic hydroxyl groups excluding tert-OH is 1. The molecule has 1 aromatic carbocycles. The number of hydrogen-bond donors (Lipinski definition) is 1. The van der Waals surface area contributed by atoms with Gasteiger partial charge in [0.05, 0.1) is 0 Å². The van der Waals surface area contributed by atoms with Gasteiger partial charge in [0.25, 0.3) is 5.78 Å². The van der Waals surface area contributed by atoms with E-state index in [1.54, 1.807) is 18.2 Å². The van der Waals surface area contributed by atoms with Gasteiger partial charge in [0.1, 0.15) is 6.07 Å². The van der Waals surface area contributed by atoms with Crippen LogP contribution < -0.4 is 0 Å². The maximum absolute atomic E-state index is 10.8. The van der Waals surface area contributed by atoms with Crippen LogP contribution in [0.5, 0.6) is 0 Å². The summed E-state index contributed by atoms with van der Waals surface area (Å²) in [6.07, 6.45) is -1.45. The summed E-state index contributed by atoms with van der Waals surface area (Å²) in [7, 11) is 0. The summed E-state index contributed by atoms with van der Waals surface area (Å²) in [4.78, 5) is 10.8. The van der Waals surface area contributed by atoms with E-state index in [1.165, 1.54) is 12.1 Å². The summed E-state index contributed by atoms with van der Waals surface area (Å²) in [6.45, 7) is 0. The monoisotopic (exact) mass is 195 g/mol. The molecule has 0 saturated carbocycles. The first-order valence-corrected chi connectivity index (χ1v) is 3.91. The number of carbonyl (C=O) groups is 1. The van der Waals surface area contributed by atoms with Gasteiger partial charge in [-0.2, -0.15) is 5.26 Å². The fourth-order valence-corrected chi connectivity index (χ4v) is 1.14. The molecule has 0 aliphatic carbocycles. The molecule has 0 spiro atoms. The predicted octanol–water partition coefficient (Wildman–Crippen LogP) is 1.47. The van der Waals surface area contributed by atoms with Gasteiger partial charge in [-0.25, -0.2) is 0 Å². The van der Waals surface area contributed by atoms with E-state index in [9.17, 15) is 9.90 Å². The standard InChI is InChI=1S/C9H6ClNO2/c10-7-4-2-1-3-6(7)9(13)8(12)5-11/h1-4,9,13H. The largest absolute Gasteiger partial charge is 0.379 e. The highest BCUT2D eigenvalue weighted by Gasteiger charge is 2.18. The molecule has 0 fully saturated rings. The molecule has 0 aliphatic rings. The van der Waals surface area contributed by atoms with Gasteiger partial charge in [-0.15, -0.1) is 0 Å². The van der Waals surface area contributed by atoms with Crippen LogP contribution in [0.2, 0.25) is 5.02 Å². The van der Waals surface area contributed by atoms with E-state index in [-0.39, 0.29) is 10.6 Å². The number of hydrogen-bond acceptors (Lipinski definition) is 3. The lowest BCUT2D eigenvalue weighted by molar-refractivity contribution is -0.121. The minimum absolute atomic E-state index is 0.260. The summed E-state index contributed by atoms with van der Waals surface area (Å²) >= 11 is 5.70. The first-order valence-electron chi connectivity index (χ1n) is 3.53. The van der Waals surface area contributed by atoms with Crippen LogP contribution in [0.1, 0.15) is 11.7 Å². The lowest BCUT2D eigenvalue weighted by Gasteiger charge is -2.06. The maximum Gasteiger partial charge on any atom is 0.264 e. The summed E-state index contributed by atoms with van der Waals surface area (Å²) in [5, 5.41) is 17.8. The molecule has 1 N–H and O–H groups in total. The molecule has 4 heteroatoms. The van der Waals surface area contributed by atoms with E-state index in [4.69, 9.17) is 16.9 Å². The van der Waals surface area contributed by atoms with Crippen molar-refractivity contribution in [3.8, 4) is 6.07 Å². The van der Waals surface area contributed by atoms with Gasteiger partial charge in [0, 0.05) is 10.6 Å². The number of nitrogens with zero attached hydrogens (tertiary/aromatic N) is 1. The van der Waals surface area contributed by atoms with Crippen molar-refractivity contribution in [3.05, 3.63) is 34.9 Å². The van der Waals surface area contributed by atoms with E-state index in [0.717, 1.165) is 0 Å². The van der Waals surface area contributed by atoms with E-state index in [0.29, 0.717) is 0 Å². The Balaban J connectivity index is 3.03. The molecule has 0 heterocycles. The molecule has 66 valence electrons. The predicted molar refractivity (Wildman–Crippen MR) is 47.0 cm³/mol. The van der Waals surface area contributed by atoms with Crippen molar-refractivity contribution in [2.75, 3.05) is 0 Å². The first-order chi connectivity index (χ1) is 6.16. The molecule has 13 heavy (non-hydrogen) atoms. The molecule has 1 unspecified atom stereocenters. The molecule has 1 aromatic rings. The maximum atomic E-state index is 10.8. The summed E-state index contributed by atoms with van der Waals surface area (Å²) in [6, 6.07) is 7.70. The highest BCUT2D eigenvalue weighted by Crippen LogP contribution is 2.22. The number of rotatable bonds is 2. The van der Waals surface area contributed by atoms with Gasteiger partial charge in [0.2, 0.25) is 0 Å². The lowest BCUT2D eigenvalue weighted by Crippen LogP contribution is -2.09. The minimum atomic E-state index is -1.45. The highest BCUT2D eigenvalue weighted by atomic mass is 35.5. The van der Waals surface area contributed by atoms with Crippen LogP contribution >= 0.6 is 11.6 Å². The van der Waals surface area contributed by atoms with Gasteiger partial charge in [-0.05, 0) is 6.07 Å². The van der Waals surface area contributed by atoms with Crippen molar-refractivity contribution in [2.24, 2.45) is 0 Å². The second-order valence-corrected chi connectivity index (χ2v) is 2.81. The topological polar surface area (TPSA) is 61.1 Å². The zero-order valence-corrected chi connectivity index (χ0v) is 7.32. The number of nitriles is 1. The van der Waals surface area contributed by atoms with Gasteiger partial charge in [-0.1, -0.05) is 29.8 Å². The molecule has 1 rings (SSSR count).